The minimum atomic E-state index is -0.935. The Bertz CT molecular complexity index is 1100. The standard InChI is InChI=1S/C24H27N3O5S/c1-33-18-10-16(9-17(11-18)26-22(30)20(29)13-28)23(31)27-6-4-24(5-7-27)14-32-21-3-2-15(12-25)8-19(21)24/h2-3,8-11,28H,4-7,12-14,25H2,1H3,(H,26,30). The lowest BCUT2D eigenvalue weighted by Crippen LogP contribution is -2.46. The zero-order valence-electron chi connectivity index (χ0n) is 18.4. The second-order valence-corrected chi connectivity index (χ2v) is 9.26. The molecule has 2 amide bonds. The number of ether oxygens (including phenoxy) is 1. The Kier molecular flexibility index (Phi) is 6.73. The number of carbonyl (C=O) groups is 3. The Balaban J connectivity index is 1.50. The lowest BCUT2D eigenvalue weighted by molar-refractivity contribution is -0.136. The van der Waals surface area contributed by atoms with E-state index < -0.39 is 18.3 Å². The molecule has 174 valence electrons. The third-order valence-corrected chi connectivity index (χ3v) is 7.11. The molecule has 8 nitrogen and oxygen atoms in total. The van der Waals surface area contributed by atoms with E-state index in [4.69, 9.17) is 15.6 Å². The van der Waals surface area contributed by atoms with Gasteiger partial charge in [0, 0.05) is 46.8 Å². The van der Waals surface area contributed by atoms with Gasteiger partial charge in [-0.05, 0) is 48.9 Å². The van der Waals surface area contributed by atoms with Crippen LogP contribution in [-0.4, -0.2) is 60.2 Å². The van der Waals surface area contributed by atoms with Crippen molar-refractivity contribution in [1.29, 1.82) is 0 Å². The molecule has 4 N–H and O–H groups in total. The number of ketones is 1. The zero-order valence-corrected chi connectivity index (χ0v) is 19.2. The van der Waals surface area contributed by atoms with Crippen LogP contribution in [0.4, 0.5) is 5.69 Å². The normalized spacial score (nSPS) is 16.3. The van der Waals surface area contributed by atoms with Crippen LogP contribution in [0.2, 0.25) is 0 Å². The number of aliphatic hydroxyl groups is 1. The van der Waals surface area contributed by atoms with E-state index in [1.807, 2.05) is 23.3 Å². The number of nitrogens with zero attached hydrogens (tertiary/aromatic N) is 1. The number of nitrogens with one attached hydrogen (secondary N) is 1. The van der Waals surface area contributed by atoms with E-state index in [0.29, 0.717) is 37.5 Å². The molecular weight excluding hydrogens is 442 g/mol. The summed E-state index contributed by atoms with van der Waals surface area (Å²) in [6, 6.07) is 11.1. The summed E-state index contributed by atoms with van der Waals surface area (Å²) in [4.78, 5) is 39.2. The van der Waals surface area contributed by atoms with Crippen molar-refractivity contribution < 1.29 is 24.2 Å². The lowest BCUT2D eigenvalue weighted by atomic mass is 9.74. The number of anilines is 1. The highest BCUT2D eigenvalue weighted by atomic mass is 32.2. The van der Waals surface area contributed by atoms with Crippen molar-refractivity contribution in [2.24, 2.45) is 5.73 Å². The number of hydrogen-bond acceptors (Lipinski definition) is 7. The maximum atomic E-state index is 13.3. The molecule has 0 aromatic heterocycles. The summed E-state index contributed by atoms with van der Waals surface area (Å²) in [5, 5.41) is 11.4. The number of amides is 2. The number of benzene rings is 2. The number of fused-ring (bicyclic) bond motifs is 2. The summed E-state index contributed by atoms with van der Waals surface area (Å²) < 4.78 is 5.95. The average Bonchev–Trinajstić information content (AvgIpc) is 3.20. The van der Waals surface area contributed by atoms with Gasteiger partial charge in [-0.2, -0.15) is 0 Å². The summed E-state index contributed by atoms with van der Waals surface area (Å²) in [6.45, 7) is 1.39. The number of carbonyl (C=O) groups excluding carboxylic acids is 3. The first-order chi connectivity index (χ1) is 15.9. The molecule has 0 aliphatic carbocycles. The van der Waals surface area contributed by atoms with Gasteiger partial charge in [-0.3, -0.25) is 14.4 Å². The van der Waals surface area contributed by atoms with Gasteiger partial charge in [0.25, 0.3) is 11.8 Å². The smallest absolute Gasteiger partial charge is 0.294 e. The summed E-state index contributed by atoms with van der Waals surface area (Å²) in [7, 11) is 0. The van der Waals surface area contributed by atoms with Crippen LogP contribution in [0.5, 0.6) is 5.75 Å². The molecule has 2 aliphatic rings. The van der Waals surface area contributed by atoms with Crippen LogP contribution in [0.3, 0.4) is 0 Å². The van der Waals surface area contributed by atoms with Crippen molar-refractivity contribution >= 4 is 35.0 Å². The van der Waals surface area contributed by atoms with E-state index in [2.05, 4.69) is 11.4 Å². The first-order valence-electron chi connectivity index (χ1n) is 10.8. The number of thioether (sulfide) groups is 1. The minimum Gasteiger partial charge on any atom is -0.492 e. The van der Waals surface area contributed by atoms with Crippen LogP contribution in [0, 0.1) is 0 Å². The second-order valence-electron chi connectivity index (χ2n) is 8.38. The quantitative estimate of drug-likeness (QED) is 0.437. The molecule has 0 saturated carbocycles. The van der Waals surface area contributed by atoms with Gasteiger partial charge in [-0.1, -0.05) is 12.1 Å². The van der Waals surface area contributed by atoms with Crippen molar-refractivity contribution in [2.75, 3.05) is 37.9 Å². The number of nitrogens with two attached hydrogens (primary N) is 1. The predicted molar refractivity (Wildman–Crippen MR) is 126 cm³/mol. The molecule has 9 heteroatoms. The molecule has 2 aromatic carbocycles. The van der Waals surface area contributed by atoms with Gasteiger partial charge in [0.2, 0.25) is 5.78 Å². The molecule has 4 rings (SSSR count). The number of hydrogen-bond donors (Lipinski definition) is 3. The molecular formula is C24H27N3O5S. The zero-order chi connectivity index (χ0) is 23.6. The molecule has 33 heavy (non-hydrogen) atoms. The fourth-order valence-electron chi connectivity index (χ4n) is 4.46. The Morgan fingerprint density at radius 3 is 2.61 bits per heavy atom. The van der Waals surface area contributed by atoms with Crippen molar-refractivity contribution in [3.8, 4) is 5.75 Å². The highest BCUT2D eigenvalue weighted by molar-refractivity contribution is 7.98. The molecule has 0 unspecified atom stereocenters. The van der Waals surface area contributed by atoms with E-state index in [-0.39, 0.29) is 11.3 Å². The van der Waals surface area contributed by atoms with Crippen LogP contribution in [0.1, 0.15) is 34.3 Å². The Morgan fingerprint density at radius 2 is 1.94 bits per heavy atom. The molecule has 0 atom stereocenters. The van der Waals surface area contributed by atoms with Gasteiger partial charge in [0.15, 0.2) is 0 Å². The molecule has 2 aliphatic heterocycles. The fourth-order valence-corrected chi connectivity index (χ4v) is 4.95. The van der Waals surface area contributed by atoms with Crippen LogP contribution < -0.4 is 15.8 Å². The van der Waals surface area contributed by atoms with E-state index in [9.17, 15) is 14.4 Å². The van der Waals surface area contributed by atoms with E-state index in [1.165, 1.54) is 17.3 Å². The number of likely N-dealkylation sites (tertiary alicyclic amines) is 1. The molecule has 2 heterocycles. The van der Waals surface area contributed by atoms with E-state index >= 15 is 0 Å². The van der Waals surface area contributed by atoms with Gasteiger partial charge in [0.05, 0.1) is 6.61 Å². The summed E-state index contributed by atoms with van der Waals surface area (Å²) in [6.07, 6.45) is 3.44. The Labute approximate surface area is 196 Å². The maximum absolute atomic E-state index is 13.3. The van der Waals surface area contributed by atoms with Crippen molar-refractivity contribution in [2.45, 2.75) is 29.7 Å². The molecule has 1 saturated heterocycles. The molecule has 2 aromatic rings. The summed E-state index contributed by atoms with van der Waals surface area (Å²) >= 11 is 1.43. The molecule has 1 spiro atoms. The Hall–Kier alpha value is -2.88. The minimum absolute atomic E-state index is 0.109. The molecule has 1 fully saturated rings. The largest absolute Gasteiger partial charge is 0.492 e. The number of Topliss-reactive ketones (excluding diaryl/α,β-unsaturated/α-hetero) is 1. The maximum Gasteiger partial charge on any atom is 0.294 e. The van der Waals surface area contributed by atoms with Gasteiger partial charge < -0.3 is 25.8 Å². The SMILES string of the molecule is CSc1cc(NC(=O)C(=O)CO)cc(C(=O)N2CCC3(CC2)COc2ccc(CN)cc23)c1. The van der Waals surface area contributed by atoms with Gasteiger partial charge in [0.1, 0.15) is 12.4 Å². The van der Waals surface area contributed by atoms with Gasteiger partial charge in [-0.15, -0.1) is 11.8 Å². The third-order valence-electron chi connectivity index (χ3n) is 6.41. The number of piperidine rings is 1. The number of aliphatic hydroxyl groups excluding tert-OH is 1. The second kappa shape index (κ2) is 9.54. The highest BCUT2D eigenvalue weighted by Gasteiger charge is 2.44. The van der Waals surface area contributed by atoms with E-state index in [0.717, 1.165) is 29.1 Å². The van der Waals surface area contributed by atoms with Crippen molar-refractivity contribution in [1.82, 2.24) is 4.90 Å². The van der Waals surface area contributed by atoms with Gasteiger partial charge in [-0.25, -0.2) is 0 Å². The Morgan fingerprint density at radius 1 is 1.18 bits per heavy atom. The first-order valence-corrected chi connectivity index (χ1v) is 12.0. The van der Waals surface area contributed by atoms with Crippen molar-refractivity contribution in [3.63, 3.8) is 0 Å². The fraction of sp³-hybridized carbons (Fsp3) is 0.375. The van der Waals surface area contributed by atoms with Crippen LogP contribution in [0.25, 0.3) is 0 Å². The summed E-state index contributed by atoms with van der Waals surface area (Å²) in [5.41, 5.74) is 8.76. The average molecular weight is 470 g/mol. The monoisotopic (exact) mass is 469 g/mol. The topological polar surface area (TPSA) is 122 Å². The van der Waals surface area contributed by atoms with Crippen molar-refractivity contribution in [3.05, 3.63) is 53.1 Å². The molecule has 0 bridgehead atoms. The van der Waals surface area contributed by atoms with E-state index in [1.54, 1.807) is 18.2 Å². The molecule has 0 radical (unpaired) electrons. The predicted octanol–water partition coefficient (Wildman–Crippen LogP) is 1.93. The summed E-state index contributed by atoms with van der Waals surface area (Å²) in [5.74, 6) is -1.07. The van der Waals surface area contributed by atoms with Crippen LogP contribution >= 0.6 is 11.8 Å². The van der Waals surface area contributed by atoms with Gasteiger partial charge >= 0.3 is 0 Å². The first kappa shape index (κ1) is 23.3. The third kappa shape index (κ3) is 4.62. The lowest BCUT2D eigenvalue weighted by Gasteiger charge is -2.38. The highest BCUT2D eigenvalue weighted by Crippen LogP contribution is 2.46. The van der Waals surface area contributed by atoms with Crippen LogP contribution in [-0.2, 0) is 21.5 Å². The van der Waals surface area contributed by atoms with Crippen LogP contribution in [0.15, 0.2) is 41.3 Å². The number of rotatable bonds is 6.